The van der Waals surface area contributed by atoms with Crippen LogP contribution in [0.5, 0.6) is 0 Å². The first kappa shape index (κ1) is 12.3. The fourth-order valence-corrected chi connectivity index (χ4v) is 0.708. The zero-order valence-electron chi connectivity index (χ0n) is 6.68. The Bertz CT molecular complexity index is 275. The molecule has 0 aromatic rings. The molecule has 0 spiro atoms. The van der Waals surface area contributed by atoms with E-state index in [4.69, 9.17) is 20.4 Å². The predicted octanol–water partition coefficient (Wildman–Crippen LogP) is -1.30. The van der Waals surface area contributed by atoms with Crippen LogP contribution < -0.4 is 0 Å². The summed E-state index contributed by atoms with van der Waals surface area (Å²) in [7, 11) is 0. The minimum absolute atomic E-state index is 1.53. The van der Waals surface area contributed by atoms with Crippen molar-refractivity contribution in [3.05, 3.63) is 0 Å². The second-order valence-corrected chi connectivity index (χ2v) is 2.50. The van der Waals surface area contributed by atoms with Gasteiger partial charge in [0.2, 0.25) is 11.8 Å². The summed E-state index contributed by atoms with van der Waals surface area (Å²) in [4.78, 5) is 30.4. The highest BCUT2D eigenvalue weighted by atomic mass is 19.1. The minimum atomic E-state index is -3.45. The third-order valence-electron chi connectivity index (χ3n) is 1.43. The van der Waals surface area contributed by atoms with Gasteiger partial charge in [-0.15, -0.1) is 0 Å². The Morgan fingerprint density at radius 1 is 1.21 bits per heavy atom. The molecule has 0 aromatic carbocycles. The summed E-state index contributed by atoms with van der Waals surface area (Å²) in [5.41, 5.74) is -3.45. The van der Waals surface area contributed by atoms with Crippen LogP contribution in [0.25, 0.3) is 0 Å². The first-order valence-corrected chi connectivity index (χ1v) is 3.26. The number of carboxylic acid groups (broad SMARTS) is 3. The van der Waals surface area contributed by atoms with Gasteiger partial charge >= 0.3 is 17.9 Å². The Labute approximate surface area is 76.4 Å². The van der Waals surface area contributed by atoms with Gasteiger partial charge in [0.1, 0.15) is 0 Å². The molecule has 0 saturated carbocycles. The summed E-state index contributed by atoms with van der Waals surface area (Å²) >= 11 is 0. The van der Waals surface area contributed by atoms with Crippen LogP contribution in [0.3, 0.4) is 0 Å². The van der Waals surface area contributed by atoms with Crippen LogP contribution in [0, 0.1) is 0 Å². The predicted molar refractivity (Wildman–Crippen MR) is 37.4 cm³/mol. The lowest BCUT2D eigenvalue weighted by molar-refractivity contribution is -0.180. The maximum absolute atomic E-state index is 12.7. The molecular weight excluding hydrogens is 203 g/mol. The van der Waals surface area contributed by atoms with Crippen LogP contribution >= 0.6 is 0 Å². The van der Waals surface area contributed by atoms with Crippen molar-refractivity contribution in [2.45, 2.75) is 18.2 Å². The van der Waals surface area contributed by atoms with Gasteiger partial charge < -0.3 is 20.4 Å². The van der Waals surface area contributed by atoms with E-state index in [1.807, 2.05) is 0 Å². The monoisotopic (exact) mass is 210 g/mol. The third-order valence-corrected chi connectivity index (χ3v) is 1.43. The Morgan fingerprint density at radius 2 is 1.64 bits per heavy atom. The molecule has 0 fully saturated rings. The minimum Gasteiger partial charge on any atom is -0.481 e. The van der Waals surface area contributed by atoms with E-state index < -0.39 is 36.1 Å². The number of alkyl halides is 1. The molecule has 1 unspecified atom stereocenters. The molecule has 0 rings (SSSR count). The van der Waals surface area contributed by atoms with Gasteiger partial charge in [0.25, 0.3) is 0 Å². The summed E-state index contributed by atoms with van der Waals surface area (Å²) in [5, 5.41) is 33.5. The van der Waals surface area contributed by atoms with Crippen molar-refractivity contribution >= 4 is 17.9 Å². The highest BCUT2D eigenvalue weighted by Gasteiger charge is 2.51. The number of hydrogen-bond donors (Lipinski definition) is 4. The van der Waals surface area contributed by atoms with E-state index in [9.17, 15) is 18.8 Å². The molecule has 0 aliphatic rings. The van der Waals surface area contributed by atoms with Gasteiger partial charge in [-0.1, -0.05) is 0 Å². The molecule has 80 valence electrons. The molecule has 4 N–H and O–H groups in total. The second kappa shape index (κ2) is 4.01. The number of halogens is 1. The van der Waals surface area contributed by atoms with Gasteiger partial charge in [-0.05, 0) is 0 Å². The summed E-state index contributed by atoms with van der Waals surface area (Å²) in [6.45, 7) is 0. The second-order valence-electron chi connectivity index (χ2n) is 2.50. The van der Waals surface area contributed by atoms with Crippen molar-refractivity contribution in [3.8, 4) is 0 Å². The van der Waals surface area contributed by atoms with Gasteiger partial charge in [0.15, 0.2) is 0 Å². The molecule has 0 aromatic heterocycles. The van der Waals surface area contributed by atoms with Gasteiger partial charge in [-0.2, -0.15) is 0 Å². The Balaban J connectivity index is 4.99. The Kier molecular flexibility index (Phi) is 3.52. The highest BCUT2D eigenvalue weighted by molar-refractivity contribution is 5.90. The summed E-state index contributed by atoms with van der Waals surface area (Å²) in [6, 6.07) is 0. The van der Waals surface area contributed by atoms with E-state index >= 15 is 0 Å². The molecular formula is C6H7FO7. The highest BCUT2D eigenvalue weighted by Crippen LogP contribution is 2.19. The molecule has 2 atom stereocenters. The number of hydrogen-bond acceptors (Lipinski definition) is 4. The van der Waals surface area contributed by atoms with Gasteiger partial charge in [-0.25, -0.2) is 14.0 Å². The van der Waals surface area contributed by atoms with Gasteiger partial charge in [-0.3, -0.25) is 4.79 Å². The van der Waals surface area contributed by atoms with Crippen molar-refractivity contribution in [2.75, 3.05) is 0 Å². The van der Waals surface area contributed by atoms with Crippen molar-refractivity contribution < 1.29 is 39.2 Å². The zero-order chi connectivity index (χ0) is 11.5. The lowest BCUT2D eigenvalue weighted by Gasteiger charge is -2.22. The Morgan fingerprint density at radius 3 is 1.86 bits per heavy atom. The number of aliphatic carboxylic acids is 3. The average molecular weight is 210 g/mol. The summed E-state index contributed by atoms with van der Waals surface area (Å²) in [6.07, 6.45) is -4.73. The van der Waals surface area contributed by atoms with Crippen LogP contribution in [0.4, 0.5) is 4.39 Å². The lowest BCUT2D eigenvalue weighted by atomic mass is 9.94. The first-order valence-electron chi connectivity index (χ1n) is 3.26. The zero-order valence-corrected chi connectivity index (χ0v) is 6.68. The maximum atomic E-state index is 12.7. The number of aliphatic hydroxyl groups is 1. The summed E-state index contributed by atoms with van der Waals surface area (Å²) < 4.78 is 12.7. The summed E-state index contributed by atoms with van der Waals surface area (Å²) in [5.74, 6) is -6.30. The van der Waals surface area contributed by atoms with Crippen molar-refractivity contribution in [3.63, 3.8) is 0 Å². The molecule has 14 heavy (non-hydrogen) atoms. The smallest absolute Gasteiger partial charge is 0.342 e. The number of rotatable bonds is 5. The number of carbonyl (C=O) groups is 3. The lowest BCUT2D eigenvalue weighted by Crippen LogP contribution is -2.52. The van der Waals surface area contributed by atoms with Gasteiger partial charge in [0, 0.05) is 0 Å². The largest absolute Gasteiger partial charge is 0.481 e. The molecule has 7 nitrogen and oxygen atoms in total. The first-order chi connectivity index (χ1) is 6.21. The molecule has 0 saturated heterocycles. The average Bonchev–Trinajstić information content (AvgIpc) is 2.00. The standard InChI is InChI=1S/C6H7FO7/c7-3(4(10)11)6(14,5(12)13)1-2(8)9/h3,14H,1H2,(H,8,9)(H,10,11)(H,12,13)/t3-,6?/m0/s1. The van der Waals surface area contributed by atoms with E-state index in [0.29, 0.717) is 0 Å². The molecule has 8 heteroatoms. The van der Waals surface area contributed by atoms with E-state index in [-0.39, 0.29) is 0 Å². The molecule has 0 bridgehead atoms. The van der Waals surface area contributed by atoms with E-state index in [2.05, 4.69) is 0 Å². The van der Waals surface area contributed by atoms with Crippen LogP contribution in [0.15, 0.2) is 0 Å². The molecule has 0 radical (unpaired) electrons. The van der Waals surface area contributed by atoms with Crippen LogP contribution in [-0.4, -0.2) is 50.1 Å². The van der Waals surface area contributed by atoms with E-state index in [1.54, 1.807) is 0 Å². The normalized spacial score (nSPS) is 16.7. The Hall–Kier alpha value is -1.70. The van der Waals surface area contributed by atoms with Crippen molar-refractivity contribution in [2.24, 2.45) is 0 Å². The number of carboxylic acids is 3. The van der Waals surface area contributed by atoms with Crippen LogP contribution in [0.1, 0.15) is 6.42 Å². The maximum Gasteiger partial charge on any atom is 0.342 e. The third kappa shape index (κ3) is 2.39. The van der Waals surface area contributed by atoms with E-state index in [1.165, 1.54) is 0 Å². The molecule has 0 amide bonds. The van der Waals surface area contributed by atoms with Crippen molar-refractivity contribution in [1.82, 2.24) is 0 Å². The van der Waals surface area contributed by atoms with Crippen molar-refractivity contribution in [1.29, 1.82) is 0 Å². The van der Waals surface area contributed by atoms with E-state index in [0.717, 1.165) is 0 Å². The van der Waals surface area contributed by atoms with Crippen LogP contribution in [-0.2, 0) is 14.4 Å². The van der Waals surface area contributed by atoms with Crippen LogP contribution in [0.2, 0.25) is 0 Å². The fourth-order valence-electron chi connectivity index (χ4n) is 0.708. The molecule has 0 aliphatic carbocycles. The fraction of sp³-hybridized carbons (Fsp3) is 0.500. The quantitative estimate of drug-likeness (QED) is 0.443. The van der Waals surface area contributed by atoms with Gasteiger partial charge in [0.05, 0.1) is 6.42 Å². The molecule has 0 aliphatic heterocycles. The SMILES string of the molecule is O=C(O)CC(O)(C(=O)O)[C@@H](F)C(=O)O. The molecule has 0 heterocycles. The topological polar surface area (TPSA) is 132 Å².